The fourth-order valence-corrected chi connectivity index (χ4v) is 3.15. The van der Waals surface area contributed by atoms with Gasteiger partial charge in [0.25, 0.3) is 5.56 Å². The van der Waals surface area contributed by atoms with Crippen molar-refractivity contribution < 1.29 is 9.53 Å². The number of rotatable bonds is 6. The molecule has 0 radical (unpaired) electrons. The van der Waals surface area contributed by atoms with Gasteiger partial charge in [-0.2, -0.15) is 4.68 Å². The van der Waals surface area contributed by atoms with Crippen molar-refractivity contribution in [1.82, 2.24) is 14.8 Å². The largest absolute Gasteiger partial charge is 0.462 e. The van der Waals surface area contributed by atoms with Crippen molar-refractivity contribution in [3.8, 4) is 5.13 Å². The fourth-order valence-electron chi connectivity index (χ4n) is 2.23. The lowest BCUT2D eigenvalue weighted by Crippen LogP contribution is -2.17. The van der Waals surface area contributed by atoms with Gasteiger partial charge in [0.1, 0.15) is 4.88 Å². The third kappa shape index (κ3) is 3.14. The van der Waals surface area contributed by atoms with Gasteiger partial charge in [0, 0.05) is 11.3 Å². The molecule has 2 aromatic rings. The quantitative estimate of drug-likeness (QED) is 0.829. The minimum atomic E-state index is -0.397. The summed E-state index contributed by atoms with van der Waals surface area (Å²) in [7, 11) is 0. The van der Waals surface area contributed by atoms with Crippen LogP contribution in [0.2, 0.25) is 0 Å². The van der Waals surface area contributed by atoms with Gasteiger partial charge in [-0.1, -0.05) is 24.7 Å². The molecule has 2 aromatic heterocycles. The number of aromatic amines is 1. The zero-order valence-corrected chi connectivity index (χ0v) is 14.2. The number of aromatic nitrogens is 3. The molecule has 0 fully saturated rings. The van der Waals surface area contributed by atoms with Crippen LogP contribution in [0.4, 0.5) is 0 Å². The second kappa shape index (κ2) is 6.91. The van der Waals surface area contributed by atoms with Crippen molar-refractivity contribution in [2.75, 3.05) is 6.61 Å². The number of ether oxygens (including phenoxy) is 1. The van der Waals surface area contributed by atoms with Crippen LogP contribution in [-0.4, -0.2) is 27.3 Å². The smallest absolute Gasteiger partial charge is 0.350 e. The van der Waals surface area contributed by atoms with Crippen LogP contribution in [0.15, 0.2) is 4.79 Å². The molecule has 0 aliphatic carbocycles. The zero-order valence-electron chi connectivity index (χ0n) is 13.4. The number of H-pyrrole nitrogens is 1. The molecular formula is C15H21N3O3S. The Kier molecular flexibility index (Phi) is 5.18. The Hall–Kier alpha value is -1.89. The van der Waals surface area contributed by atoms with Gasteiger partial charge in [-0.05, 0) is 33.6 Å². The molecule has 0 amide bonds. The van der Waals surface area contributed by atoms with Crippen molar-refractivity contribution >= 4 is 17.3 Å². The summed E-state index contributed by atoms with van der Waals surface area (Å²) >= 11 is 1.17. The minimum absolute atomic E-state index is 0.0879. The first-order valence-corrected chi connectivity index (χ1v) is 8.26. The highest BCUT2D eigenvalue weighted by Gasteiger charge is 2.20. The van der Waals surface area contributed by atoms with Gasteiger partial charge in [-0.25, -0.2) is 9.78 Å². The summed E-state index contributed by atoms with van der Waals surface area (Å²) in [6, 6.07) is 0. The average molecular weight is 323 g/mol. The van der Waals surface area contributed by atoms with Crippen LogP contribution in [0, 0.1) is 13.8 Å². The molecule has 1 N–H and O–H groups in total. The number of esters is 1. The van der Waals surface area contributed by atoms with Crippen molar-refractivity contribution in [3.05, 3.63) is 32.2 Å². The summed E-state index contributed by atoms with van der Waals surface area (Å²) in [6.07, 6.45) is 2.76. The lowest BCUT2D eigenvalue weighted by atomic mass is 10.1. The number of hydrogen-bond donors (Lipinski definition) is 1. The zero-order chi connectivity index (χ0) is 16.3. The van der Waals surface area contributed by atoms with Gasteiger partial charge in [-0.15, -0.1) is 0 Å². The molecule has 2 heterocycles. The molecule has 0 saturated heterocycles. The monoisotopic (exact) mass is 323 g/mol. The molecule has 0 aromatic carbocycles. The summed E-state index contributed by atoms with van der Waals surface area (Å²) < 4.78 is 6.42. The van der Waals surface area contributed by atoms with Crippen LogP contribution in [-0.2, 0) is 11.2 Å². The number of nitrogens with zero attached hydrogens (tertiary/aromatic N) is 2. The first kappa shape index (κ1) is 16.5. The standard InChI is InChI=1S/C15H21N3O3S/c1-5-7-8-11-9(3)17-18(13(11)19)15-16-10(4)12(22-15)14(20)21-6-2/h17H,5-8H2,1-4H3. The highest BCUT2D eigenvalue weighted by atomic mass is 32.1. The van der Waals surface area contributed by atoms with E-state index in [0.717, 1.165) is 30.5 Å². The predicted octanol–water partition coefficient (Wildman–Crippen LogP) is 2.76. The van der Waals surface area contributed by atoms with Gasteiger partial charge >= 0.3 is 5.97 Å². The second-order valence-electron chi connectivity index (χ2n) is 5.09. The fraction of sp³-hybridized carbons (Fsp3) is 0.533. The van der Waals surface area contributed by atoms with Crippen LogP contribution >= 0.6 is 11.3 Å². The molecule has 0 aliphatic rings. The number of thiazole rings is 1. The van der Waals surface area contributed by atoms with Crippen molar-refractivity contribution in [3.63, 3.8) is 0 Å². The molecule has 0 unspecified atom stereocenters. The molecule has 120 valence electrons. The first-order chi connectivity index (χ1) is 10.5. The van der Waals surface area contributed by atoms with Gasteiger partial charge in [0.2, 0.25) is 5.13 Å². The topological polar surface area (TPSA) is 77.0 Å². The first-order valence-electron chi connectivity index (χ1n) is 7.45. The third-order valence-corrected chi connectivity index (χ3v) is 4.53. The molecule has 0 spiro atoms. The van der Waals surface area contributed by atoms with Crippen LogP contribution < -0.4 is 5.56 Å². The highest BCUT2D eigenvalue weighted by Crippen LogP contribution is 2.22. The molecule has 0 saturated carbocycles. The molecule has 0 atom stereocenters. The average Bonchev–Trinajstić information content (AvgIpc) is 2.98. The molecule has 7 heteroatoms. The van der Waals surface area contributed by atoms with Crippen LogP contribution in [0.1, 0.15) is 53.3 Å². The summed E-state index contributed by atoms with van der Waals surface area (Å²) in [5, 5.41) is 3.52. The Morgan fingerprint density at radius 2 is 2.09 bits per heavy atom. The van der Waals surface area contributed by atoms with E-state index in [0.29, 0.717) is 22.3 Å². The molecule has 0 bridgehead atoms. The van der Waals surface area contributed by atoms with E-state index in [1.165, 1.54) is 16.0 Å². The Morgan fingerprint density at radius 1 is 1.36 bits per heavy atom. The number of aryl methyl sites for hydroxylation is 2. The van der Waals surface area contributed by atoms with Crippen molar-refractivity contribution in [1.29, 1.82) is 0 Å². The number of carbonyl (C=O) groups excluding carboxylic acids is 1. The normalized spacial score (nSPS) is 10.9. The van der Waals surface area contributed by atoms with Gasteiger partial charge in [0.15, 0.2) is 0 Å². The molecule has 6 nitrogen and oxygen atoms in total. The van der Waals surface area contributed by atoms with E-state index in [-0.39, 0.29) is 5.56 Å². The summed E-state index contributed by atoms with van der Waals surface area (Å²) in [4.78, 5) is 29.1. The van der Waals surface area contributed by atoms with Gasteiger partial charge < -0.3 is 4.74 Å². The van der Waals surface area contributed by atoms with E-state index < -0.39 is 5.97 Å². The van der Waals surface area contributed by atoms with Crippen molar-refractivity contribution in [2.24, 2.45) is 0 Å². The number of carbonyl (C=O) groups is 1. The van der Waals surface area contributed by atoms with Gasteiger partial charge in [-0.3, -0.25) is 9.89 Å². The Bertz CT molecular complexity index is 727. The molecule has 2 rings (SSSR count). The third-order valence-electron chi connectivity index (χ3n) is 3.41. The van der Waals surface area contributed by atoms with E-state index in [9.17, 15) is 9.59 Å². The Labute approximate surface area is 133 Å². The van der Waals surface area contributed by atoms with Crippen LogP contribution in [0.3, 0.4) is 0 Å². The number of nitrogens with one attached hydrogen (secondary N) is 1. The summed E-state index contributed by atoms with van der Waals surface area (Å²) in [5.74, 6) is -0.397. The number of hydrogen-bond acceptors (Lipinski definition) is 5. The minimum Gasteiger partial charge on any atom is -0.462 e. The van der Waals surface area contributed by atoms with E-state index in [1.54, 1.807) is 13.8 Å². The van der Waals surface area contributed by atoms with Crippen LogP contribution in [0.5, 0.6) is 0 Å². The van der Waals surface area contributed by atoms with E-state index in [2.05, 4.69) is 17.0 Å². The number of unbranched alkanes of at least 4 members (excludes halogenated alkanes) is 1. The predicted molar refractivity (Wildman–Crippen MR) is 86.1 cm³/mol. The Balaban J connectivity index is 2.39. The van der Waals surface area contributed by atoms with Gasteiger partial charge in [0.05, 0.1) is 12.3 Å². The lowest BCUT2D eigenvalue weighted by molar-refractivity contribution is 0.0531. The maximum absolute atomic E-state index is 12.5. The maximum atomic E-state index is 12.5. The maximum Gasteiger partial charge on any atom is 0.350 e. The lowest BCUT2D eigenvalue weighted by Gasteiger charge is -1.97. The Morgan fingerprint density at radius 3 is 2.73 bits per heavy atom. The van der Waals surface area contributed by atoms with E-state index >= 15 is 0 Å². The SMILES string of the molecule is CCCCc1c(C)[nH]n(-c2nc(C)c(C(=O)OCC)s2)c1=O. The molecule has 22 heavy (non-hydrogen) atoms. The van der Waals surface area contributed by atoms with E-state index in [4.69, 9.17) is 4.74 Å². The molecular weight excluding hydrogens is 302 g/mol. The van der Waals surface area contributed by atoms with E-state index in [1.807, 2.05) is 6.92 Å². The summed E-state index contributed by atoms with van der Waals surface area (Å²) in [5.41, 5.74) is 2.12. The van der Waals surface area contributed by atoms with Crippen molar-refractivity contribution in [2.45, 2.75) is 47.0 Å². The summed E-state index contributed by atoms with van der Waals surface area (Å²) in [6.45, 7) is 7.79. The second-order valence-corrected chi connectivity index (χ2v) is 6.07. The van der Waals surface area contributed by atoms with Crippen LogP contribution in [0.25, 0.3) is 5.13 Å². The highest BCUT2D eigenvalue weighted by molar-refractivity contribution is 7.16. The molecule has 0 aliphatic heterocycles.